The number of carbonyl (C=O) groups excluding carboxylic acids is 4. The molecule has 9 N–H and O–H groups in total. The van der Waals surface area contributed by atoms with E-state index in [1.807, 2.05) is 0 Å². The molecule has 0 saturated heterocycles. The van der Waals surface area contributed by atoms with Crippen LogP contribution in [0.1, 0.15) is 37.6 Å². The van der Waals surface area contributed by atoms with E-state index in [1.165, 1.54) is 56.4 Å². The van der Waals surface area contributed by atoms with Crippen LogP contribution in [0.4, 0.5) is 9.93 Å². The van der Waals surface area contributed by atoms with E-state index in [0.717, 1.165) is 4.88 Å². The van der Waals surface area contributed by atoms with E-state index < -0.39 is 53.9 Å². The summed E-state index contributed by atoms with van der Waals surface area (Å²) in [6.07, 6.45) is 0.711. The van der Waals surface area contributed by atoms with Crippen molar-refractivity contribution < 1.29 is 39.3 Å². The quantitative estimate of drug-likeness (QED) is 0.113. The fraction of sp³-hybridized carbons (Fsp3) is 0.462. The first-order valence-electron chi connectivity index (χ1n) is 13.1. The molecular formula is C26H37N7O8S. The number of anilines is 1. The number of nitrogens with one attached hydrogen (secondary N) is 6. The van der Waals surface area contributed by atoms with Crippen LogP contribution in [-0.2, 0) is 32.2 Å². The Kier molecular flexibility index (Phi) is 13.5. The van der Waals surface area contributed by atoms with Crippen LogP contribution < -0.4 is 31.9 Å². The molecule has 0 bridgehead atoms. The minimum Gasteiger partial charge on any atom is -0.508 e. The summed E-state index contributed by atoms with van der Waals surface area (Å²) in [7, 11) is 0. The maximum Gasteiger partial charge on any atom is 0.405 e. The smallest absolute Gasteiger partial charge is 0.405 e. The van der Waals surface area contributed by atoms with Gasteiger partial charge in [-0.05, 0) is 44.9 Å². The van der Waals surface area contributed by atoms with Gasteiger partial charge in [-0.25, -0.2) is 9.78 Å². The summed E-state index contributed by atoms with van der Waals surface area (Å²) in [4.78, 5) is 66.2. The third-order valence-electron chi connectivity index (χ3n) is 5.88. The maximum atomic E-state index is 12.7. The molecule has 1 aromatic carbocycles. The highest BCUT2D eigenvalue weighted by Gasteiger charge is 2.27. The van der Waals surface area contributed by atoms with Crippen molar-refractivity contribution in [2.75, 3.05) is 18.4 Å². The Morgan fingerprint density at radius 3 is 1.95 bits per heavy atom. The molecule has 0 aliphatic carbocycles. The number of carboxylic acid groups (broad SMARTS) is 1. The molecule has 42 heavy (non-hydrogen) atoms. The second-order valence-electron chi connectivity index (χ2n) is 9.42. The molecule has 0 radical (unpaired) electrons. The van der Waals surface area contributed by atoms with Gasteiger partial charge in [0.25, 0.3) is 0 Å². The van der Waals surface area contributed by atoms with Gasteiger partial charge >= 0.3 is 6.09 Å². The summed E-state index contributed by atoms with van der Waals surface area (Å²) in [6.45, 7) is 5.10. The first kappa shape index (κ1) is 33.8. The van der Waals surface area contributed by atoms with E-state index in [2.05, 4.69) is 36.9 Å². The Bertz CT molecular complexity index is 1220. The zero-order chi connectivity index (χ0) is 31.2. The third-order valence-corrected chi connectivity index (χ3v) is 6.82. The number of phenolic OH excluding ortho intramolecular Hbond substituents is 1. The Morgan fingerprint density at radius 2 is 1.40 bits per heavy atom. The first-order valence-corrected chi connectivity index (χ1v) is 14.0. The van der Waals surface area contributed by atoms with Crippen LogP contribution in [0.15, 0.2) is 30.5 Å². The van der Waals surface area contributed by atoms with E-state index in [4.69, 9.17) is 10.2 Å². The lowest BCUT2D eigenvalue weighted by atomic mass is 10.0. The van der Waals surface area contributed by atoms with E-state index in [9.17, 15) is 29.1 Å². The Hall–Kier alpha value is -4.44. The molecule has 0 aliphatic heterocycles. The topological polar surface area (TPSA) is 231 Å². The van der Waals surface area contributed by atoms with Crippen molar-refractivity contribution in [1.82, 2.24) is 31.6 Å². The van der Waals surface area contributed by atoms with Crippen LogP contribution in [0.25, 0.3) is 0 Å². The number of thiazole rings is 1. The molecule has 0 saturated carbocycles. The highest BCUT2D eigenvalue weighted by Crippen LogP contribution is 2.17. The van der Waals surface area contributed by atoms with Gasteiger partial charge in [-0.1, -0.05) is 23.5 Å². The second kappa shape index (κ2) is 16.7. The standard InChI is InChI=1S/C26H37N7O8S/c1-14(21(36)27-9-4-10-28-25-29-12-19(13-34)42-25)30-22(37)15(2)31-23(38)16(3)32-24(39)20(33-26(40)41)11-17-5-7-18(35)8-6-17/h5-8,12,14-16,20,33-35H,4,9-11,13H2,1-3H3,(H,27,36)(H,28,29)(H,30,37)(H,31,38)(H,32,39)(H,40,41)/t14-,15-,16-,20-/m0/s1. The lowest BCUT2D eigenvalue weighted by molar-refractivity contribution is -0.133. The van der Waals surface area contributed by atoms with Crippen LogP contribution in [-0.4, -0.2) is 87.3 Å². The SMILES string of the molecule is C[C@H](NC(=O)[C@H](C)NC(=O)[C@H](C)NC(=O)[C@H](Cc1ccc(O)cc1)NC(=O)O)C(=O)NCCCNc1ncc(CO)s1. The van der Waals surface area contributed by atoms with Gasteiger partial charge in [-0.2, -0.15) is 0 Å². The van der Waals surface area contributed by atoms with Gasteiger partial charge in [0, 0.05) is 25.7 Å². The van der Waals surface area contributed by atoms with E-state index >= 15 is 0 Å². The number of rotatable bonds is 16. The monoisotopic (exact) mass is 607 g/mol. The molecule has 0 unspecified atom stereocenters. The summed E-state index contributed by atoms with van der Waals surface area (Å²) in [6, 6.07) is 1.62. The van der Waals surface area contributed by atoms with Crippen LogP contribution >= 0.6 is 11.3 Å². The van der Waals surface area contributed by atoms with E-state index in [-0.39, 0.29) is 18.8 Å². The molecular weight excluding hydrogens is 570 g/mol. The van der Waals surface area contributed by atoms with E-state index in [1.54, 1.807) is 6.20 Å². The average Bonchev–Trinajstić information content (AvgIpc) is 3.41. The Labute approximate surface area is 246 Å². The lowest BCUT2D eigenvalue weighted by Crippen LogP contribution is -2.56. The zero-order valence-electron chi connectivity index (χ0n) is 23.5. The summed E-state index contributed by atoms with van der Waals surface area (Å²) >= 11 is 1.33. The highest BCUT2D eigenvalue weighted by atomic mass is 32.1. The van der Waals surface area contributed by atoms with Crippen molar-refractivity contribution in [2.24, 2.45) is 0 Å². The molecule has 1 aromatic heterocycles. The zero-order valence-corrected chi connectivity index (χ0v) is 24.3. The Balaban J connectivity index is 1.75. The average molecular weight is 608 g/mol. The Morgan fingerprint density at radius 1 is 0.833 bits per heavy atom. The van der Waals surface area contributed by atoms with Gasteiger partial charge in [0.05, 0.1) is 11.5 Å². The van der Waals surface area contributed by atoms with Gasteiger partial charge in [0.2, 0.25) is 23.6 Å². The number of nitrogens with zero attached hydrogens (tertiary/aromatic N) is 1. The third kappa shape index (κ3) is 11.6. The minimum absolute atomic E-state index is 0.0133. The molecule has 1 heterocycles. The summed E-state index contributed by atoms with van der Waals surface area (Å²) in [5, 5.41) is 43.6. The molecule has 0 aliphatic rings. The van der Waals surface area contributed by atoms with Gasteiger partial charge in [-0.15, -0.1) is 0 Å². The normalized spacial score (nSPS) is 13.5. The predicted molar refractivity (Wildman–Crippen MR) is 154 cm³/mol. The van der Waals surface area contributed by atoms with Crippen LogP contribution in [0.3, 0.4) is 0 Å². The number of aromatic nitrogens is 1. The number of hydrogen-bond donors (Lipinski definition) is 9. The number of aliphatic hydroxyl groups is 1. The second-order valence-corrected chi connectivity index (χ2v) is 10.5. The van der Waals surface area contributed by atoms with Gasteiger partial charge in [0.1, 0.15) is 29.9 Å². The molecule has 16 heteroatoms. The predicted octanol–water partition coefficient (Wildman–Crippen LogP) is -0.348. The fourth-order valence-electron chi connectivity index (χ4n) is 3.52. The van der Waals surface area contributed by atoms with Crippen LogP contribution in [0, 0.1) is 0 Å². The highest BCUT2D eigenvalue weighted by molar-refractivity contribution is 7.15. The summed E-state index contributed by atoms with van der Waals surface area (Å²) in [5.41, 5.74) is 0.576. The number of benzene rings is 1. The minimum atomic E-state index is -1.43. The number of aromatic hydroxyl groups is 1. The molecule has 0 fully saturated rings. The largest absolute Gasteiger partial charge is 0.508 e. The first-order chi connectivity index (χ1) is 19.9. The van der Waals surface area contributed by atoms with Crippen molar-refractivity contribution in [1.29, 1.82) is 0 Å². The molecule has 2 aromatic rings. The summed E-state index contributed by atoms with van der Waals surface area (Å²) < 4.78 is 0. The number of carbonyl (C=O) groups is 5. The van der Waals surface area contributed by atoms with Crippen molar-refractivity contribution in [2.45, 2.75) is 64.4 Å². The number of aliphatic hydroxyl groups excluding tert-OH is 1. The molecule has 2 rings (SSSR count). The van der Waals surface area contributed by atoms with Gasteiger partial charge in [0.15, 0.2) is 5.13 Å². The van der Waals surface area contributed by atoms with Crippen molar-refractivity contribution >= 4 is 46.2 Å². The van der Waals surface area contributed by atoms with Crippen LogP contribution in [0.2, 0.25) is 0 Å². The number of amides is 5. The molecule has 230 valence electrons. The van der Waals surface area contributed by atoms with Gasteiger partial charge in [-0.3, -0.25) is 19.2 Å². The van der Waals surface area contributed by atoms with Crippen molar-refractivity contribution in [3.63, 3.8) is 0 Å². The molecule has 5 amide bonds. The fourth-order valence-corrected chi connectivity index (χ4v) is 4.22. The molecule has 4 atom stereocenters. The summed E-state index contributed by atoms with van der Waals surface area (Å²) in [5.74, 6) is -2.47. The number of hydrogen-bond acceptors (Lipinski definition) is 10. The van der Waals surface area contributed by atoms with Gasteiger partial charge < -0.3 is 47.2 Å². The number of phenols is 1. The van der Waals surface area contributed by atoms with Crippen molar-refractivity contribution in [3.8, 4) is 5.75 Å². The molecule has 0 spiro atoms. The van der Waals surface area contributed by atoms with Crippen molar-refractivity contribution in [3.05, 3.63) is 40.9 Å². The van der Waals surface area contributed by atoms with E-state index in [0.29, 0.717) is 30.2 Å². The van der Waals surface area contributed by atoms with Crippen LogP contribution in [0.5, 0.6) is 5.75 Å². The molecule has 15 nitrogen and oxygen atoms in total. The maximum absolute atomic E-state index is 12.7. The lowest BCUT2D eigenvalue weighted by Gasteiger charge is -2.22.